The molecule has 2 aromatic carbocycles. The summed E-state index contributed by atoms with van der Waals surface area (Å²) in [5.74, 6) is -0.274. The van der Waals surface area contributed by atoms with Gasteiger partial charge >= 0.3 is 5.97 Å². The SMILES string of the molecule is COc1cccc2c1OC[C@@]1(C(=O)O)CN(C(=O)c3cc(C)ccc3C)C[C@@H]21. The zero-order chi connectivity index (χ0) is 20.1. The number of ether oxygens (including phenoxy) is 2. The molecule has 6 heteroatoms. The number of likely N-dealkylation sites (tertiary alicyclic amines) is 1. The van der Waals surface area contributed by atoms with Crippen molar-refractivity contribution in [3.8, 4) is 11.5 Å². The molecule has 0 aromatic heterocycles. The Morgan fingerprint density at radius 1 is 1.25 bits per heavy atom. The van der Waals surface area contributed by atoms with Crippen LogP contribution in [0, 0.1) is 19.3 Å². The molecule has 0 saturated carbocycles. The van der Waals surface area contributed by atoms with Gasteiger partial charge in [-0.1, -0.05) is 29.8 Å². The number of fused-ring (bicyclic) bond motifs is 3. The smallest absolute Gasteiger partial charge is 0.315 e. The molecule has 28 heavy (non-hydrogen) atoms. The van der Waals surface area contributed by atoms with E-state index in [-0.39, 0.29) is 25.0 Å². The van der Waals surface area contributed by atoms with Gasteiger partial charge in [0.1, 0.15) is 12.0 Å². The van der Waals surface area contributed by atoms with Gasteiger partial charge in [0.15, 0.2) is 11.5 Å². The molecular formula is C22H23NO5. The van der Waals surface area contributed by atoms with E-state index in [2.05, 4.69) is 0 Å². The van der Waals surface area contributed by atoms with E-state index in [4.69, 9.17) is 9.47 Å². The van der Waals surface area contributed by atoms with Crippen LogP contribution in [-0.4, -0.2) is 48.7 Å². The van der Waals surface area contributed by atoms with Crippen molar-refractivity contribution < 1.29 is 24.2 Å². The second-order valence-electron chi connectivity index (χ2n) is 7.69. The van der Waals surface area contributed by atoms with Crippen molar-refractivity contribution in [3.05, 3.63) is 58.7 Å². The number of hydrogen-bond donors (Lipinski definition) is 1. The third kappa shape index (κ3) is 2.63. The first-order valence-corrected chi connectivity index (χ1v) is 9.27. The van der Waals surface area contributed by atoms with Crippen molar-refractivity contribution in [3.63, 3.8) is 0 Å². The number of nitrogens with zero attached hydrogens (tertiary/aromatic N) is 1. The van der Waals surface area contributed by atoms with E-state index < -0.39 is 11.4 Å². The maximum atomic E-state index is 13.2. The Hall–Kier alpha value is -3.02. The van der Waals surface area contributed by atoms with E-state index in [1.54, 1.807) is 18.1 Å². The first-order valence-electron chi connectivity index (χ1n) is 9.27. The minimum atomic E-state index is -1.16. The van der Waals surface area contributed by atoms with Crippen LogP contribution in [0.15, 0.2) is 36.4 Å². The summed E-state index contributed by atoms with van der Waals surface area (Å²) in [7, 11) is 1.56. The van der Waals surface area contributed by atoms with Gasteiger partial charge in [-0.15, -0.1) is 0 Å². The van der Waals surface area contributed by atoms with Gasteiger partial charge < -0.3 is 19.5 Å². The number of carboxylic acid groups (broad SMARTS) is 1. The van der Waals surface area contributed by atoms with Gasteiger partial charge in [-0.2, -0.15) is 0 Å². The normalized spacial score (nSPS) is 22.8. The molecule has 2 aliphatic rings. The summed E-state index contributed by atoms with van der Waals surface area (Å²) in [5.41, 5.74) is 2.12. The average Bonchev–Trinajstić information content (AvgIpc) is 3.10. The van der Waals surface area contributed by atoms with Gasteiger partial charge in [-0.25, -0.2) is 0 Å². The molecule has 6 nitrogen and oxygen atoms in total. The summed E-state index contributed by atoms with van der Waals surface area (Å²) < 4.78 is 11.2. The summed E-state index contributed by atoms with van der Waals surface area (Å²) in [4.78, 5) is 27.2. The zero-order valence-corrected chi connectivity index (χ0v) is 16.2. The lowest BCUT2D eigenvalue weighted by molar-refractivity contribution is -0.151. The minimum Gasteiger partial charge on any atom is -0.493 e. The average molecular weight is 381 g/mol. The Morgan fingerprint density at radius 3 is 2.75 bits per heavy atom. The van der Waals surface area contributed by atoms with Crippen LogP contribution in [0.2, 0.25) is 0 Å². The molecule has 0 bridgehead atoms. The summed E-state index contributed by atoms with van der Waals surface area (Å²) in [5, 5.41) is 10.1. The van der Waals surface area contributed by atoms with Gasteiger partial charge in [-0.05, 0) is 31.5 Å². The number of benzene rings is 2. The molecule has 2 heterocycles. The molecule has 0 spiro atoms. The second-order valence-corrected chi connectivity index (χ2v) is 7.69. The molecule has 146 valence electrons. The van der Waals surface area contributed by atoms with E-state index in [1.807, 2.05) is 44.2 Å². The summed E-state index contributed by atoms with van der Waals surface area (Å²) in [6.07, 6.45) is 0. The van der Waals surface area contributed by atoms with Gasteiger partial charge in [0.25, 0.3) is 5.91 Å². The number of methoxy groups -OCH3 is 1. The number of hydrogen-bond acceptors (Lipinski definition) is 4. The van der Waals surface area contributed by atoms with Crippen molar-refractivity contribution in [2.24, 2.45) is 5.41 Å². The lowest BCUT2D eigenvalue weighted by Gasteiger charge is -2.36. The number of amides is 1. The van der Waals surface area contributed by atoms with Gasteiger partial charge in [0.05, 0.1) is 7.11 Å². The van der Waals surface area contributed by atoms with Gasteiger partial charge in [0, 0.05) is 30.1 Å². The first-order chi connectivity index (χ1) is 13.4. The quantitative estimate of drug-likeness (QED) is 0.885. The maximum absolute atomic E-state index is 13.2. The Bertz CT molecular complexity index is 969. The van der Waals surface area contributed by atoms with Crippen LogP contribution in [-0.2, 0) is 4.79 Å². The molecule has 0 aliphatic carbocycles. The van der Waals surface area contributed by atoms with E-state index >= 15 is 0 Å². The van der Waals surface area contributed by atoms with Crippen molar-refractivity contribution in [1.82, 2.24) is 4.90 Å². The lowest BCUT2D eigenvalue weighted by atomic mass is 9.73. The van der Waals surface area contributed by atoms with Gasteiger partial charge in [-0.3, -0.25) is 9.59 Å². The number of aliphatic carboxylic acids is 1. The number of para-hydroxylation sites is 1. The highest BCUT2D eigenvalue weighted by Crippen LogP contribution is 2.52. The largest absolute Gasteiger partial charge is 0.493 e. The molecular weight excluding hydrogens is 358 g/mol. The second kappa shape index (κ2) is 6.55. The number of carbonyl (C=O) groups is 2. The molecule has 1 fully saturated rings. The van der Waals surface area contributed by atoms with Crippen LogP contribution in [0.5, 0.6) is 11.5 Å². The Morgan fingerprint density at radius 2 is 2.04 bits per heavy atom. The predicted molar refractivity (Wildman–Crippen MR) is 103 cm³/mol. The first kappa shape index (κ1) is 18.3. The number of aryl methyl sites for hydroxylation is 2. The molecule has 2 aromatic rings. The van der Waals surface area contributed by atoms with Crippen LogP contribution < -0.4 is 9.47 Å². The monoisotopic (exact) mass is 381 g/mol. The topological polar surface area (TPSA) is 76.1 Å². The van der Waals surface area contributed by atoms with Crippen LogP contribution >= 0.6 is 0 Å². The summed E-state index contributed by atoms with van der Waals surface area (Å²) in [6, 6.07) is 11.2. The highest BCUT2D eigenvalue weighted by Gasteiger charge is 2.58. The standard InChI is InChI=1S/C22H23NO5/c1-13-7-8-14(2)16(9-13)20(24)23-10-17-15-5-4-6-18(27-3)19(15)28-12-22(17,11-23)21(25)26/h4-9,17H,10-12H2,1-3H3,(H,25,26)/t17-,22-/m0/s1. The van der Waals surface area contributed by atoms with Crippen molar-refractivity contribution in [2.75, 3.05) is 26.8 Å². The molecule has 1 saturated heterocycles. The van der Waals surface area contributed by atoms with E-state index in [1.165, 1.54) is 0 Å². The van der Waals surface area contributed by atoms with Gasteiger partial charge in [0.2, 0.25) is 0 Å². The van der Waals surface area contributed by atoms with Crippen LogP contribution in [0.4, 0.5) is 0 Å². The number of rotatable bonds is 3. The summed E-state index contributed by atoms with van der Waals surface area (Å²) in [6.45, 7) is 4.30. The number of carbonyl (C=O) groups excluding carboxylic acids is 1. The van der Waals surface area contributed by atoms with Crippen LogP contribution in [0.25, 0.3) is 0 Å². The van der Waals surface area contributed by atoms with Crippen molar-refractivity contribution >= 4 is 11.9 Å². The molecule has 0 unspecified atom stereocenters. The number of carboxylic acids is 1. The highest BCUT2D eigenvalue weighted by atomic mass is 16.5. The molecule has 0 radical (unpaired) electrons. The van der Waals surface area contributed by atoms with Crippen molar-refractivity contribution in [1.29, 1.82) is 0 Å². The maximum Gasteiger partial charge on any atom is 0.315 e. The third-order valence-corrected chi connectivity index (χ3v) is 5.96. The van der Waals surface area contributed by atoms with E-state index in [9.17, 15) is 14.7 Å². The Balaban J connectivity index is 1.75. The molecule has 2 atom stereocenters. The minimum absolute atomic E-state index is 0.0109. The fourth-order valence-electron chi connectivity index (χ4n) is 4.35. The third-order valence-electron chi connectivity index (χ3n) is 5.96. The Kier molecular flexibility index (Phi) is 4.29. The fraction of sp³-hybridized carbons (Fsp3) is 0.364. The molecule has 1 N–H and O–H groups in total. The summed E-state index contributed by atoms with van der Waals surface area (Å²) >= 11 is 0. The molecule has 2 aliphatic heterocycles. The lowest BCUT2D eigenvalue weighted by Crippen LogP contribution is -2.46. The van der Waals surface area contributed by atoms with E-state index in [0.717, 1.165) is 16.7 Å². The van der Waals surface area contributed by atoms with Crippen LogP contribution in [0.1, 0.15) is 33.0 Å². The van der Waals surface area contributed by atoms with Crippen molar-refractivity contribution in [2.45, 2.75) is 19.8 Å². The van der Waals surface area contributed by atoms with Crippen LogP contribution in [0.3, 0.4) is 0 Å². The van der Waals surface area contributed by atoms with E-state index in [0.29, 0.717) is 23.6 Å². The zero-order valence-electron chi connectivity index (χ0n) is 16.2. The molecule has 4 rings (SSSR count). The Labute approximate surface area is 163 Å². The predicted octanol–water partition coefficient (Wildman–Crippen LogP) is 3.02. The fourth-order valence-corrected chi connectivity index (χ4v) is 4.35. The molecule has 1 amide bonds. The highest BCUT2D eigenvalue weighted by molar-refractivity contribution is 5.97.